The highest BCUT2D eigenvalue weighted by molar-refractivity contribution is 5.89. The number of benzene rings is 1. The van der Waals surface area contributed by atoms with Crippen molar-refractivity contribution in [3.8, 4) is 0 Å². The second-order valence-electron chi connectivity index (χ2n) is 6.56. The van der Waals surface area contributed by atoms with Gasteiger partial charge in [-0.05, 0) is 17.5 Å². The van der Waals surface area contributed by atoms with Crippen LogP contribution in [0, 0.1) is 0 Å². The summed E-state index contributed by atoms with van der Waals surface area (Å²) in [7, 11) is 0. The molecule has 0 spiro atoms. The van der Waals surface area contributed by atoms with Crippen molar-refractivity contribution < 1.29 is 19.8 Å². The standard InChI is InChI=1S/C20H26O4/c1-2-3-4-5-6-9-13-20(19(23)24)14-12-16(18(21)22)15-10-7-8-11-17(15)20/h7-8,10-12,14,16H,2-6,9,13H2,1H3,(H,21,22)(H,23,24)/t16-,20-/m0/s1. The molecule has 0 saturated carbocycles. The molecular weight excluding hydrogens is 304 g/mol. The van der Waals surface area contributed by atoms with Crippen LogP contribution in [0.5, 0.6) is 0 Å². The fourth-order valence-corrected chi connectivity index (χ4v) is 3.54. The van der Waals surface area contributed by atoms with Gasteiger partial charge in [-0.15, -0.1) is 0 Å². The van der Waals surface area contributed by atoms with E-state index in [0.29, 0.717) is 17.5 Å². The number of hydrogen-bond acceptors (Lipinski definition) is 2. The van der Waals surface area contributed by atoms with E-state index < -0.39 is 23.3 Å². The second kappa shape index (κ2) is 8.13. The SMILES string of the molecule is CCCCCCCC[C@]1(C(=O)O)C=C[C@H](C(=O)O)c2ccccc21. The fraction of sp³-hybridized carbons (Fsp3) is 0.500. The maximum absolute atomic E-state index is 12.1. The molecule has 0 heterocycles. The van der Waals surface area contributed by atoms with Crippen molar-refractivity contribution in [3.05, 3.63) is 47.5 Å². The van der Waals surface area contributed by atoms with Gasteiger partial charge in [0.2, 0.25) is 0 Å². The summed E-state index contributed by atoms with van der Waals surface area (Å²) in [5.74, 6) is -2.61. The third kappa shape index (κ3) is 3.69. The molecule has 0 aliphatic heterocycles. The van der Waals surface area contributed by atoms with E-state index in [-0.39, 0.29) is 0 Å². The first-order chi connectivity index (χ1) is 11.5. The lowest BCUT2D eigenvalue weighted by Gasteiger charge is -2.33. The highest BCUT2D eigenvalue weighted by Crippen LogP contribution is 2.42. The molecule has 0 unspecified atom stereocenters. The van der Waals surface area contributed by atoms with E-state index >= 15 is 0 Å². The van der Waals surface area contributed by atoms with Crippen molar-refractivity contribution in [2.24, 2.45) is 0 Å². The van der Waals surface area contributed by atoms with Crippen LogP contribution in [-0.4, -0.2) is 22.2 Å². The second-order valence-corrected chi connectivity index (χ2v) is 6.56. The molecule has 1 aromatic rings. The van der Waals surface area contributed by atoms with Gasteiger partial charge in [-0.3, -0.25) is 9.59 Å². The zero-order chi connectivity index (χ0) is 17.6. The monoisotopic (exact) mass is 330 g/mol. The Labute approximate surface area is 143 Å². The smallest absolute Gasteiger partial charge is 0.318 e. The van der Waals surface area contributed by atoms with E-state index in [9.17, 15) is 19.8 Å². The van der Waals surface area contributed by atoms with Gasteiger partial charge in [0, 0.05) is 0 Å². The number of rotatable bonds is 9. The lowest BCUT2D eigenvalue weighted by Crippen LogP contribution is -2.38. The zero-order valence-corrected chi connectivity index (χ0v) is 14.2. The Morgan fingerprint density at radius 3 is 2.38 bits per heavy atom. The molecule has 24 heavy (non-hydrogen) atoms. The number of carboxylic acid groups (broad SMARTS) is 2. The molecule has 0 fully saturated rings. The molecular formula is C20H26O4. The lowest BCUT2D eigenvalue weighted by atomic mass is 9.68. The molecule has 0 radical (unpaired) electrons. The summed E-state index contributed by atoms with van der Waals surface area (Å²) in [6.07, 6.45) is 10.2. The number of unbranched alkanes of at least 4 members (excludes halogenated alkanes) is 5. The zero-order valence-electron chi connectivity index (χ0n) is 14.2. The summed E-state index contributed by atoms with van der Waals surface area (Å²) in [6.45, 7) is 2.17. The Morgan fingerprint density at radius 2 is 1.71 bits per heavy atom. The molecule has 0 aromatic heterocycles. The van der Waals surface area contributed by atoms with E-state index in [1.807, 2.05) is 0 Å². The molecule has 2 rings (SSSR count). The van der Waals surface area contributed by atoms with Gasteiger partial charge >= 0.3 is 11.9 Å². The summed E-state index contributed by atoms with van der Waals surface area (Å²) < 4.78 is 0. The molecule has 1 aliphatic carbocycles. The molecule has 2 atom stereocenters. The van der Waals surface area contributed by atoms with Crippen LogP contribution in [0.25, 0.3) is 0 Å². The van der Waals surface area contributed by atoms with Crippen LogP contribution in [0.2, 0.25) is 0 Å². The predicted molar refractivity (Wildman–Crippen MR) is 93.3 cm³/mol. The summed E-state index contributed by atoms with van der Waals surface area (Å²) in [5.41, 5.74) is 0.120. The van der Waals surface area contributed by atoms with Crippen molar-refractivity contribution in [3.63, 3.8) is 0 Å². The first kappa shape index (κ1) is 18.2. The van der Waals surface area contributed by atoms with E-state index in [1.165, 1.54) is 25.3 Å². The highest BCUT2D eigenvalue weighted by Gasteiger charge is 2.43. The summed E-state index contributed by atoms with van der Waals surface area (Å²) in [6, 6.07) is 7.05. The minimum atomic E-state index is -1.10. The normalized spacial score (nSPS) is 22.1. The summed E-state index contributed by atoms with van der Waals surface area (Å²) in [4.78, 5) is 23.5. The average Bonchev–Trinajstić information content (AvgIpc) is 2.57. The Morgan fingerprint density at radius 1 is 1.04 bits per heavy atom. The molecule has 0 saturated heterocycles. The predicted octanol–water partition coefficient (Wildman–Crippen LogP) is 4.50. The molecule has 0 amide bonds. The van der Waals surface area contributed by atoms with Crippen LogP contribution in [-0.2, 0) is 15.0 Å². The molecule has 130 valence electrons. The molecule has 0 bridgehead atoms. The Bertz CT molecular complexity index is 620. The van der Waals surface area contributed by atoms with E-state index in [4.69, 9.17) is 0 Å². The molecule has 1 aromatic carbocycles. The van der Waals surface area contributed by atoms with Gasteiger partial charge in [-0.25, -0.2) is 0 Å². The molecule has 1 aliphatic rings. The fourth-order valence-electron chi connectivity index (χ4n) is 3.54. The van der Waals surface area contributed by atoms with Crippen molar-refractivity contribution in [2.75, 3.05) is 0 Å². The van der Waals surface area contributed by atoms with Gasteiger partial charge in [-0.2, -0.15) is 0 Å². The lowest BCUT2D eigenvalue weighted by molar-refractivity contribution is -0.143. The van der Waals surface area contributed by atoms with Gasteiger partial charge in [0.15, 0.2) is 0 Å². The first-order valence-corrected chi connectivity index (χ1v) is 8.78. The van der Waals surface area contributed by atoms with Gasteiger partial charge in [-0.1, -0.05) is 81.9 Å². The highest BCUT2D eigenvalue weighted by atomic mass is 16.4. The van der Waals surface area contributed by atoms with Crippen LogP contribution < -0.4 is 0 Å². The number of carbonyl (C=O) groups is 2. The van der Waals surface area contributed by atoms with Gasteiger partial charge in [0.1, 0.15) is 11.3 Å². The Kier molecular flexibility index (Phi) is 6.18. The van der Waals surface area contributed by atoms with Crippen molar-refractivity contribution in [2.45, 2.75) is 63.2 Å². The molecule has 4 heteroatoms. The molecule has 2 N–H and O–H groups in total. The summed E-state index contributed by atoms with van der Waals surface area (Å²) >= 11 is 0. The average molecular weight is 330 g/mol. The number of aliphatic carboxylic acids is 2. The minimum absolute atomic E-state index is 0.508. The van der Waals surface area contributed by atoms with Crippen LogP contribution in [0.4, 0.5) is 0 Å². The quantitative estimate of drug-likeness (QED) is 0.516. The van der Waals surface area contributed by atoms with Gasteiger partial charge in [0.25, 0.3) is 0 Å². The Balaban J connectivity index is 2.21. The van der Waals surface area contributed by atoms with Gasteiger partial charge in [0.05, 0.1) is 0 Å². The van der Waals surface area contributed by atoms with Crippen molar-refractivity contribution in [1.29, 1.82) is 0 Å². The number of hydrogen-bond donors (Lipinski definition) is 2. The third-order valence-corrected chi connectivity index (χ3v) is 4.92. The van der Waals surface area contributed by atoms with Gasteiger partial charge < -0.3 is 10.2 Å². The number of carboxylic acids is 2. The van der Waals surface area contributed by atoms with Crippen LogP contribution >= 0.6 is 0 Å². The van der Waals surface area contributed by atoms with E-state index in [0.717, 1.165) is 19.3 Å². The first-order valence-electron chi connectivity index (χ1n) is 8.78. The topological polar surface area (TPSA) is 74.6 Å². The minimum Gasteiger partial charge on any atom is -0.481 e. The maximum Gasteiger partial charge on any atom is 0.318 e. The summed E-state index contributed by atoms with van der Waals surface area (Å²) in [5, 5.41) is 19.3. The number of fused-ring (bicyclic) bond motifs is 1. The van der Waals surface area contributed by atoms with Crippen molar-refractivity contribution in [1.82, 2.24) is 0 Å². The van der Waals surface area contributed by atoms with E-state index in [2.05, 4.69) is 6.92 Å². The van der Waals surface area contributed by atoms with Crippen molar-refractivity contribution >= 4 is 11.9 Å². The van der Waals surface area contributed by atoms with Crippen LogP contribution in [0.3, 0.4) is 0 Å². The molecule has 4 nitrogen and oxygen atoms in total. The Hall–Kier alpha value is -2.10. The van der Waals surface area contributed by atoms with E-state index in [1.54, 1.807) is 30.3 Å². The largest absolute Gasteiger partial charge is 0.481 e. The third-order valence-electron chi connectivity index (χ3n) is 4.92. The van der Waals surface area contributed by atoms with Crippen LogP contribution in [0.15, 0.2) is 36.4 Å². The maximum atomic E-state index is 12.1. The van der Waals surface area contributed by atoms with Crippen LogP contribution in [0.1, 0.15) is 68.9 Å².